The highest BCUT2D eigenvalue weighted by Gasteiger charge is 2.18. The van der Waals surface area contributed by atoms with E-state index < -0.39 is 5.63 Å². The Bertz CT molecular complexity index is 1100. The van der Waals surface area contributed by atoms with E-state index in [-0.39, 0.29) is 12.3 Å². The average Bonchev–Trinajstić information content (AvgIpc) is 2.76. The Balaban J connectivity index is 1.74. The van der Waals surface area contributed by atoms with E-state index in [1.807, 2.05) is 24.3 Å². The molecule has 2 aromatic carbocycles. The van der Waals surface area contributed by atoms with Gasteiger partial charge in [-0.05, 0) is 36.6 Å². The maximum Gasteiger partial charge on any atom is 0.340 e. The van der Waals surface area contributed by atoms with Crippen molar-refractivity contribution in [2.75, 3.05) is 27.9 Å². The fraction of sp³-hybridized carbons (Fsp3) is 0.304. The smallest absolute Gasteiger partial charge is 0.340 e. The first-order chi connectivity index (χ1) is 14.5. The van der Waals surface area contributed by atoms with Gasteiger partial charge in [-0.25, -0.2) is 4.79 Å². The van der Waals surface area contributed by atoms with Crippen LogP contribution in [-0.4, -0.2) is 33.8 Å². The van der Waals surface area contributed by atoms with Crippen LogP contribution in [0.15, 0.2) is 45.6 Å². The lowest BCUT2D eigenvalue weighted by Gasteiger charge is -2.13. The number of carbonyl (C=O) groups is 1. The topological polar surface area (TPSA) is 87.0 Å². The standard InChI is InChI=1S/C23H25NO6/c1-14-18(13-21(25)24-10-9-15-5-7-16(27-2)8-6-15)23(26)30-20-12-17(28-3)11-19(29-4)22(14)20/h5-8,11-12H,9-10,13H2,1-4H3,(H,24,25). The van der Waals surface area contributed by atoms with Crippen molar-refractivity contribution in [3.05, 3.63) is 63.5 Å². The lowest BCUT2D eigenvalue weighted by atomic mass is 10.0. The summed E-state index contributed by atoms with van der Waals surface area (Å²) in [6.45, 7) is 2.25. The molecule has 0 unspecified atom stereocenters. The van der Waals surface area contributed by atoms with Gasteiger partial charge in [-0.1, -0.05) is 12.1 Å². The van der Waals surface area contributed by atoms with Crippen molar-refractivity contribution in [1.29, 1.82) is 0 Å². The summed E-state index contributed by atoms with van der Waals surface area (Å²) in [5.41, 5.74) is 1.87. The fourth-order valence-corrected chi connectivity index (χ4v) is 3.33. The van der Waals surface area contributed by atoms with Gasteiger partial charge in [0.05, 0.1) is 38.7 Å². The van der Waals surface area contributed by atoms with Gasteiger partial charge in [-0.15, -0.1) is 0 Å². The van der Waals surface area contributed by atoms with Crippen molar-refractivity contribution in [3.8, 4) is 17.2 Å². The summed E-state index contributed by atoms with van der Waals surface area (Å²) in [5, 5.41) is 3.51. The van der Waals surface area contributed by atoms with Crippen LogP contribution in [-0.2, 0) is 17.6 Å². The number of hydrogen-bond donors (Lipinski definition) is 1. The van der Waals surface area contributed by atoms with Crippen LogP contribution >= 0.6 is 0 Å². The van der Waals surface area contributed by atoms with E-state index >= 15 is 0 Å². The molecule has 0 aliphatic heterocycles. The number of hydrogen-bond acceptors (Lipinski definition) is 6. The Morgan fingerprint density at radius 2 is 1.70 bits per heavy atom. The zero-order valence-corrected chi connectivity index (χ0v) is 17.5. The number of carbonyl (C=O) groups excluding carboxylic acids is 1. The van der Waals surface area contributed by atoms with Gasteiger partial charge in [0.15, 0.2) is 0 Å². The third-order valence-electron chi connectivity index (χ3n) is 5.00. The van der Waals surface area contributed by atoms with Crippen LogP contribution in [0.25, 0.3) is 11.0 Å². The minimum absolute atomic E-state index is 0.0676. The lowest BCUT2D eigenvalue weighted by molar-refractivity contribution is -0.120. The van der Waals surface area contributed by atoms with Gasteiger partial charge in [-0.2, -0.15) is 0 Å². The normalized spacial score (nSPS) is 10.7. The third-order valence-corrected chi connectivity index (χ3v) is 5.00. The number of methoxy groups -OCH3 is 3. The summed E-state index contributed by atoms with van der Waals surface area (Å²) in [4.78, 5) is 24.9. The summed E-state index contributed by atoms with van der Waals surface area (Å²) in [6, 6.07) is 11.0. The molecule has 0 saturated carbocycles. The van der Waals surface area contributed by atoms with Gasteiger partial charge in [0.2, 0.25) is 5.91 Å². The Labute approximate surface area is 174 Å². The number of ether oxygens (including phenoxy) is 3. The first-order valence-corrected chi connectivity index (χ1v) is 9.54. The molecule has 7 heteroatoms. The minimum atomic E-state index is -0.541. The van der Waals surface area contributed by atoms with Crippen LogP contribution in [0, 0.1) is 6.92 Å². The van der Waals surface area contributed by atoms with Crippen LogP contribution in [0.1, 0.15) is 16.7 Å². The molecule has 0 radical (unpaired) electrons. The van der Waals surface area contributed by atoms with E-state index in [0.29, 0.717) is 46.6 Å². The molecule has 0 spiro atoms. The van der Waals surface area contributed by atoms with Gasteiger partial charge in [0.25, 0.3) is 0 Å². The van der Waals surface area contributed by atoms with Crippen LogP contribution in [0.2, 0.25) is 0 Å². The minimum Gasteiger partial charge on any atom is -0.497 e. The summed E-state index contributed by atoms with van der Waals surface area (Å²) in [5.74, 6) is 1.58. The summed E-state index contributed by atoms with van der Waals surface area (Å²) in [7, 11) is 4.67. The number of aryl methyl sites for hydroxylation is 1. The predicted octanol–water partition coefficient (Wildman–Crippen LogP) is 3.03. The molecule has 0 aliphatic carbocycles. The molecule has 1 N–H and O–H groups in total. The van der Waals surface area contributed by atoms with E-state index in [0.717, 1.165) is 11.3 Å². The van der Waals surface area contributed by atoms with Crippen molar-refractivity contribution in [2.45, 2.75) is 19.8 Å². The first kappa shape index (κ1) is 21.2. The number of amides is 1. The Morgan fingerprint density at radius 1 is 1.00 bits per heavy atom. The van der Waals surface area contributed by atoms with Gasteiger partial charge in [0, 0.05) is 18.7 Å². The van der Waals surface area contributed by atoms with Gasteiger partial charge < -0.3 is 23.9 Å². The molecule has 1 amide bonds. The van der Waals surface area contributed by atoms with Crippen molar-refractivity contribution in [1.82, 2.24) is 5.32 Å². The molecule has 0 aliphatic rings. The molecule has 1 aromatic heterocycles. The van der Waals surface area contributed by atoms with Gasteiger partial charge >= 0.3 is 5.63 Å². The van der Waals surface area contributed by atoms with Crippen LogP contribution < -0.4 is 25.2 Å². The first-order valence-electron chi connectivity index (χ1n) is 9.54. The molecule has 30 heavy (non-hydrogen) atoms. The average molecular weight is 411 g/mol. The summed E-state index contributed by atoms with van der Waals surface area (Å²) in [6.07, 6.45) is 0.608. The molecule has 3 aromatic rings. The molecular weight excluding hydrogens is 386 g/mol. The third kappa shape index (κ3) is 4.56. The highest BCUT2D eigenvalue weighted by molar-refractivity contribution is 5.90. The summed E-state index contributed by atoms with van der Waals surface area (Å²) >= 11 is 0. The SMILES string of the molecule is COc1ccc(CCNC(=O)Cc2c(C)c3c(OC)cc(OC)cc3oc2=O)cc1. The second-order valence-corrected chi connectivity index (χ2v) is 6.82. The van der Waals surface area contributed by atoms with Crippen molar-refractivity contribution in [3.63, 3.8) is 0 Å². The zero-order chi connectivity index (χ0) is 21.7. The van der Waals surface area contributed by atoms with Crippen molar-refractivity contribution in [2.24, 2.45) is 0 Å². The highest BCUT2D eigenvalue weighted by atomic mass is 16.5. The Hall–Kier alpha value is -3.48. The molecule has 0 bridgehead atoms. The van der Waals surface area contributed by atoms with E-state index in [2.05, 4.69) is 5.32 Å². The summed E-state index contributed by atoms with van der Waals surface area (Å²) < 4.78 is 21.2. The number of rotatable bonds is 8. The Kier molecular flexibility index (Phi) is 6.61. The maximum absolute atomic E-state index is 12.5. The monoisotopic (exact) mass is 411 g/mol. The largest absolute Gasteiger partial charge is 0.497 e. The number of nitrogens with one attached hydrogen (secondary N) is 1. The maximum atomic E-state index is 12.5. The van der Waals surface area contributed by atoms with E-state index in [1.54, 1.807) is 26.2 Å². The fourth-order valence-electron chi connectivity index (χ4n) is 3.33. The lowest BCUT2D eigenvalue weighted by Crippen LogP contribution is -2.29. The van der Waals surface area contributed by atoms with E-state index in [9.17, 15) is 9.59 Å². The molecule has 158 valence electrons. The van der Waals surface area contributed by atoms with E-state index in [1.165, 1.54) is 14.2 Å². The molecule has 1 heterocycles. The molecule has 0 atom stereocenters. The quantitative estimate of drug-likeness (QED) is 0.574. The molecule has 3 rings (SSSR count). The molecule has 7 nitrogen and oxygen atoms in total. The van der Waals surface area contributed by atoms with Gasteiger partial charge in [0.1, 0.15) is 22.8 Å². The van der Waals surface area contributed by atoms with E-state index in [4.69, 9.17) is 18.6 Å². The molecule has 0 saturated heterocycles. The van der Waals surface area contributed by atoms with Gasteiger partial charge in [-0.3, -0.25) is 4.79 Å². The second kappa shape index (κ2) is 9.35. The molecule has 0 fully saturated rings. The van der Waals surface area contributed by atoms with Crippen molar-refractivity contribution < 1.29 is 23.4 Å². The Morgan fingerprint density at radius 3 is 2.33 bits per heavy atom. The predicted molar refractivity (Wildman–Crippen MR) is 114 cm³/mol. The second-order valence-electron chi connectivity index (χ2n) is 6.82. The zero-order valence-electron chi connectivity index (χ0n) is 17.5. The van der Waals surface area contributed by atoms with Crippen LogP contribution in [0.3, 0.4) is 0 Å². The van der Waals surface area contributed by atoms with Crippen molar-refractivity contribution >= 4 is 16.9 Å². The van der Waals surface area contributed by atoms with Crippen LogP contribution in [0.4, 0.5) is 0 Å². The number of benzene rings is 2. The number of fused-ring (bicyclic) bond motifs is 1. The highest BCUT2D eigenvalue weighted by Crippen LogP contribution is 2.33. The molecular formula is C23H25NO6. The van der Waals surface area contributed by atoms with Crippen LogP contribution in [0.5, 0.6) is 17.2 Å².